The van der Waals surface area contributed by atoms with Crippen LogP contribution in [0.3, 0.4) is 0 Å². The van der Waals surface area contributed by atoms with Gasteiger partial charge in [0, 0.05) is 0 Å². The number of rotatable bonds is 5. The van der Waals surface area contributed by atoms with Gasteiger partial charge in [0.2, 0.25) is 0 Å². The average molecular weight is 286 g/mol. The van der Waals surface area contributed by atoms with E-state index in [9.17, 15) is 4.79 Å². The molecule has 2 aromatic rings. The molecule has 0 bridgehead atoms. The molecule has 1 aromatic carbocycles. The molecule has 5 nitrogen and oxygen atoms in total. The fourth-order valence-electron chi connectivity index (χ4n) is 1.65. The maximum absolute atomic E-state index is 11.7. The summed E-state index contributed by atoms with van der Waals surface area (Å²) in [7, 11) is 0. The van der Waals surface area contributed by atoms with Crippen LogP contribution in [-0.4, -0.2) is 18.2 Å². The van der Waals surface area contributed by atoms with Crippen molar-refractivity contribution in [2.75, 3.05) is 6.61 Å². The Kier molecular flexibility index (Phi) is 4.77. The first-order valence-electron chi connectivity index (χ1n) is 6.64. The van der Waals surface area contributed by atoms with Crippen LogP contribution >= 0.6 is 0 Å². The fourth-order valence-corrected chi connectivity index (χ4v) is 1.65. The van der Waals surface area contributed by atoms with Crippen LogP contribution in [0, 0.1) is 13.8 Å². The molecule has 0 fully saturated rings. The summed E-state index contributed by atoms with van der Waals surface area (Å²) in [6.45, 7) is 5.52. The fraction of sp³-hybridized carbons (Fsp3) is 0.250. The van der Waals surface area contributed by atoms with Crippen LogP contribution in [0.5, 0.6) is 5.75 Å². The van der Waals surface area contributed by atoms with Crippen molar-refractivity contribution in [3.63, 3.8) is 0 Å². The predicted molar refractivity (Wildman–Crippen MR) is 80.5 cm³/mol. The monoisotopic (exact) mass is 286 g/mol. The summed E-state index contributed by atoms with van der Waals surface area (Å²) in [5.74, 6) is 1.76. The lowest BCUT2D eigenvalue weighted by atomic mass is 10.2. The van der Waals surface area contributed by atoms with Gasteiger partial charge >= 0.3 is 0 Å². The Morgan fingerprint density at radius 2 is 1.90 bits per heavy atom. The van der Waals surface area contributed by atoms with Crippen molar-refractivity contribution in [3.05, 3.63) is 53.5 Å². The summed E-state index contributed by atoms with van der Waals surface area (Å²) < 4.78 is 10.8. The summed E-state index contributed by atoms with van der Waals surface area (Å²) in [4.78, 5) is 11.7. The number of hydrogen-bond acceptors (Lipinski definition) is 4. The second-order valence-electron chi connectivity index (χ2n) is 4.74. The number of amides is 1. The highest BCUT2D eigenvalue weighted by Crippen LogP contribution is 2.11. The van der Waals surface area contributed by atoms with Crippen LogP contribution in [0.1, 0.15) is 24.0 Å². The zero-order valence-electron chi connectivity index (χ0n) is 12.3. The number of nitrogens with zero attached hydrogens (tertiary/aromatic N) is 1. The van der Waals surface area contributed by atoms with Crippen LogP contribution in [0.4, 0.5) is 0 Å². The van der Waals surface area contributed by atoms with E-state index in [2.05, 4.69) is 10.5 Å². The van der Waals surface area contributed by atoms with Gasteiger partial charge in [-0.05, 0) is 45.0 Å². The lowest BCUT2D eigenvalue weighted by molar-refractivity contribution is -0.123. The molecule has 0 spiro atoms. The zero-order chi connectivity index (χ0) is 15.2. The van der Waals surface area contributed by atoms with E-state index < -0.39 is 0 Å². The Morgan fingerprint density at radius 1 is 1.19 bits per heavy atom. The minimum Gasteiger partial charge on any atom is -0.484 e. The SMILES string of the molecule is CC(=NNC(=O)COc1ccc(C)cc1)c1ccc(C)o1. The van der Waals surface area contributed by atoms with Crippen LogP contribution in [0.2, 0.25) is 0 Å². The highest BCUT2D eigenvalue weighted by Gasteiger charge is 2.05. The Morgan fingerprint density at radius 3 is 2.52 bits per heavy atom. The molecule has 0 radical (unpaired) electrons. The van der Waals surface area contributed by atoms with Crippen LogP contribution in [0.25, 0.3) is 0 Å². The van der Waals surface area contributed by atoms with Gasteiger partial charge in [-0.1, -0.05) is 17.7 Å². The summed E-state index contributed by atoms with van der Waals surface area (Å²) in [5, 5.41) is 3.98. The summed E-state index contributed by atoms with van der Waals surface area (Å²) >= 11 is 0. The highest BCUT2D eigenvalue weighted by molar-refractivity contribution is 5.96. The number of carbonyl (C=O) groups is 1. The lowest BCUT2D eigenvalue weighted by Crippen LogP contribution is -2.25. The molecule has 0 atom stereocenters. The van der Waals surface area contributed by atoms with E-state index in [-0.39, 0.29) is 12.5 Å². The smallest absolute Gasteiger partial charge is 0.277 e. The van der Waals surface area contributed by atoms with E-state index in [0.717, 1.165) is 11.3 Å². The molecule has 2 rings (SSSR count). The van der Waals surface area contributed by atoms with Crippen molar-refractivity contribution in [1.82, 2.24) is 5.43 Å². The van der Waals surface area contributed by atoms with Crippen molar-refractivity contribution in [3.8, 4) is 5.75 Å². The standard InChI is InChI=1S/C16H18N2O3/c1-11-4-7-14(8-5-11)20-10-16(19)18-17-13(3)15-9-6-12(2)21-15/h4-9H,10H2,1-3H3,(H,18,19). The number of benzene rings is 1. The molecule has 0 unspecified atom stereocenters. The molecule has 1 N–H and O–H groups in total. The van der Waals surface area contributed by atoms with E-state index in [1.807, 2.05) is 50.2 Å². The Bertz CT molecular complexity index is 642. The first kappa shape index (κ1) is 14.8. The molecule has 21 heavy (non-hydrogen) atoms. The van der Waals surface area contributed by atoms with Crippen LogP contribution < -0.4 is 10.2 Å². The molecule has 0 aliphatic rings. The van der Waals surface area contributed by atoms with Crippen molar-refractivity contribution in [2.45, 2.75) is 20.8 Å². The number of ether oxygens (including phenoxy) is 1. The maximum Gasteiger partial charge on any atom is 0.277 e. The van der Waals surface area contributed by atoms with Crippen molar-refractivity contribution in [2.24, 2.45) is 5.10 Å². The summed E-state index contributed by atoms with van der Waals surface area (Å²) in [5.41, 5.74) is 4.18. The number of carbonyl (C=O) groups excluding carboxylic acids is 1. The second-order valence-corrected chi connectivity index (χ2v) is 4.74. The number of hydrazone groups is 1. The highest BCUT2D eigenvalue weighted by atomic mass is 16.5. The van der Waals surface area contributed by atoms with Crippen molar-refractivity contribution >= 4 is 11.6 Å². The van der Waals surface area contributed by atoms with Crippen LogP contribution in [-0.2, 0) is 4.79 Å². The zero-order valence-corrected chi connectivity index (χ0v) is 12.3. The molecule has 0 saturated carbocycles. The van der Waals surface area contributed by atoms with E-state index in [0.29, 0.717) is 17.2 Å². The van der Waals surface area contributed by atoms with E-state index in [1.165, 1.54) is 0 Å². The second kappa shape index (κ2) is 6.74. The Labute approximate surface area is 123 Å². The number of hydrogen-bond donors (Lipinski definition) is 1. The van der Waals surface area contributed by atoms with Gasteiger partial charge < -0.3 is 9.15 Å². The molecular formula is C16H18N2O3. The van der Waals surface area contributed by atoms with Gasteiger partial charge in [0.1, 0.15) is 23.0 Å². The van der Waals surface area contributed by atoms with E-state index in [1.54, 1.807) is 6.92 Å². The molecule has 1 amide bonds. The maximum atomic E-state index is 11.7. The topological polar surface area (TPSA) is 63.8 Å². The van der Waals surface area contributed by atoms with Gasteiger partial charge in [-0.2, -0.15) is 5.10 Å². The minimum atomic E-state index is -0.321. The van der Waals surface area contributed by atoms with E-state index >= 15 is 0 Å². The predicted octanol–water partition coefficient (Wildman–Crippen LogP) is 2.82. The van der Waals surface area contributed by atoms with Gasteiger partial charge in [0.25, 0.3) is 5.91 Å². The molecule has 0 saturated heterocycles. The minimum absolute atomic E-state index is 0.0863. The molecule has 1 heterocycles. The molecule has 110 valence electrons. The normalized spacial score (nSPS) is 11.3. The Balaban J connectivity index is 1.83. The van der Waals surface area contributed by atoms with Crippen molar-refractivity contribution < 1.29 is 13.9 Å². The number of nitrogens with one attached hydrogen (secondary N) is 1. The third-order valence-electron chi connectivity index (χ3n) is 2.84. The number of furan rings is 1. The quantitative estimate of drug-likeness (QED) is 0.679. The van der Waals surface area contributed by atoms with Gasteiger partial charge in [-0.15, -0.1) is 0 Å². The molecule has 5 heteroatoms. The lowest BCUT2D eigenvalue weighted by Gasteiger charge is -2.05. The van der Waals surface area contributed by atoms with Crippen molar-refractivity contribution in [1.29, 1.82) is 0 Å². The summed E-state index contributed by atoms with van der Waals surface area (Å²) in [6, 6.07) is 11.1. The van der Waals surface area contributed by atoms with Gasteiger partial charge in [-0.25, -0.2) is 5.43 Å². The molecule has 1 aromatic heterocycles. The molecule has 0 aliphatic heterocycles. The van der Waals surface area contributed by atoms with E-state index in [4.69, 9.17) is 9.15 Å². The van der Waals surface area contributed by atoms with Gasteiger partial charge in [0.05, 0.1) is 0 Å². The first-order valence-corrected chi connectivity index (χ1v) is 6.64. The largest absolute Gasteiger partial charge is 0.484 e. The molecular weight excluding hydrogens is 268 g/mol. The Hall–Kier alpha value is -2.56. The third-order valence-corrected chi connectivity index (χ3v) is 2.84. The first-order chi connectivity index (χ1) is 10.0. The third kappa shape index (κ3) is 4.49. The van der Waals surface area contributed by atoms with Gasteiger partial charge in [-0.3, -0.25) is 4.79 Å². The number of aryl methyl sites for hydroxylation is 2. The summed E-state index contributed by atoms with van der Waals surface area (Å²) in [6.07, 6.45) is 0. The van der Waals surface area contributed by atoms with Crippen LogP contribution in [0.15, 0.2) is 45.9 Å². The van der Waals surface area contributed by atoms with Gasteiger partial charge in [0.15, 0.2) is 6.61 Å². The molecule has 0 aliphatic carbocycles. The average Bonchev–Trinajstić information content (AvgIpc) is 2.91.